The minimum absolute atomic E-state index is 0.00165. The molecule has 0 bridgehead atoms. The van der Waals surface area contributed by atoms with Crippen LogP contribution in [0.4, 0.5) is 17.1 Å². The van der Waals surface area contributed by atoms with E-state index in [4.69, 9.17) is 4.74 Å². The molecular weight excluding hydrogens is 442 g/mol. The second-order valence-corrected chi connectivity index (χ2v) is 9.26. The predicted octanol–water partition coefficient (Wildman–Crippen LogP) is 6.36. The number of fused-ring (bicyclic) bond motifs is 1. The molecular formula is C28H27N3O4. The Morgan fingerprint density at radius 1 is 0.943 bits per heavy atom. The van der Waals surface area contributed by atoms with E-state index in [1.807, 2.05) is 68.4 Å². The summed E-state index contributed by atoms with van der Waals surface area (Å²) in [7, 11) is 0. The number of nitro benzene ring substituents is 1. The number of carbonyl (C=O) groups excluding carboxylic acids is 1. The monoisotopic (exact) mass is 469 g/mol. The number of hydrogen-bond acceptors (Lipinski definition) is 6. The zero-order chi connectivity index (χ0) is 24.5. The summed E-state index contributed by atoms with van der Waals surface area (Å²) in [5, 5.41) is 18.4. The van der Waals surface area contributed by atoms with Crippen molar-refractivity contribution >= 4 is 22.8 Å². The standard InChI is InChI=1S/C28H27N3O4/c1-17(2)35-22-12-10-18(11-13-22)20-15-25-27(26(32)16-20)28(19-6-5-7-21(14-19)31(33)34)30-24-9-4-3-8-23(24)29-25/h3-14,17,20,28-30H,15-16H2,1-2H3. The summed E-state index contributed by atoms with van der Waals surface area (Å²) in [6, 6.07) is 21.8. The Morgan fingerprint density at radius 2 is 1.69 bits per heavy atom. The summed E-state index contributed by atoms with van der Waals surface area (Å²) in [5.41, 5.74) is 4.98. The fourth-order valence-corrected chi connectivity index (χ4v) is 4.89. The van der Waals surface area contributed by atoms with Crippen LogP contribution in [0.5, 0.6) is 5.75 Å². The first kappa shape index (κ1) is 22.7. The van der Waals surface area contributed by atoms with E-state index in [0.29, 0.717) is 24.0 Å². The van der Waals surface area contributed by atoms with Gasteiger partial charge in [-0.2, -0.15) is 0 Å². The van der Waals surface area contributed by atoms with Crippen LogP contribution >= 0.6 is 0 Å². The molecule has 0 amide bonds. The van der Waals surface area contributed by atoms with E-state index in [1.165, 1.54) is 6.07 Å². The van der Waals surface area contributed by atoms with Gasteiger partial charge in [0.1, 0.15) is 5.75 Å². The van der Waals surface area contributed by atoms with Gasteiger partial charge in [-0.3, -0.25) is 14.9 Å². The summed E-state index contributed by atoms with van der Waals surface area (Å²) in [6.07, 6.45) is 1.12. The molecule has 0 saturated heterocycles. The van der Waals surface area contributed by atoms with Gasteiger partial charge in [0.2, 0.25) is 0 Å². The van der Waals surface area contributed by atoms with Gasteiger partial charge >= 0.3 is 0 Å². The highest BCUT2D eigenvalue weighted by Crippen LogP contribution is 2.44. The zero-order valence-electron chi connectivity index (χ0n) is 19.7. The maximum absolute atomic E-state index is 13.6. The number of anilines is 2. The molecule has 1 aliphatic heterocycles. The first-order valence-electron chi connectivity index (χ1n) is 11.8. The number of ketones is 1. The third kappa shape index (κ3) is 4.62. The average molecular weight is 470 g/mol. The lowest BCUT2D eigenvalue weighted by Gasteiger charge is -2.30. The summed E-state index contributed by atoms with van der Waals surface area (Å²) in [5.74, 6) is 0.864. The lowest BCUT2D eigenvalue weighted by Crippen LogP contribution is -2.26. The number of carbonyl (C=O) groups is 1. The molecule has 2 N–H and O–H groups in total. The van der Waals surface area contributed by atoms with E-state index in [2.05, 4.69) is 10.6 Å². The van der Waals surface area contributed by atoms with Gasteiger partial charge in [0.15, 0.2) is 5.78 Å². The Morgan fingerprint density at radius 3 is 2.40 bits per heavy atom. The lowest BCUT2D eigenvalue weighted by molar-refractivity contribution is -0.384. The fourth-order valence-electron chi connectivity index (χ4n) is 4.89. The molecule has 2 aliphatic rings. The van der Waals surface area contributed by atoms with E-state index in [0.717, 1.165) is 28.4 Å². The van der Waals surface area contributed by atoms with Gasteiger partial charge in [0.25, 0.3) is 5.69 Å². The molecule has 3 aromatic rings. The van der Waals surface area contributed by atoms with Crippen LogP contribution in [0, 0.1) is 10.1 Å². The van der Waals surface area contributed by atoms with Crippen LogP contribution in [-0.4, -0.2) is 16.8 Å². The Labute approximate surface area is 204 Å². The third-order valence-corrected chi connectivity index (χ3v) is 6.45. The predicted molar refractivity (Wildman–Crippen MR) is 136 cm³/mol. The van der Waals surface area contributed by atoms with Gasteiger partial charge in [0.05, 0.1) is 28.4 Å². The summed E-state index contributed by atoms with van der Waals surface area (Å²) >= 11 is 0. The average Bonchev–Trinajstić information content (AvgIpc) is 3.01. The molecule has 0 fully saturated rings. The topological polar surface area (TPSA) is 93.5 Å². The number of rotatable bonds is 5. The van der Waals surface area contributed by atoms with Crippen molar-refractivity contribution in [3.63, 3.8) is 0 Å². The Hall–Kier alpha value is -4.13. The first-order chi connectivity index (χ1) is 16.9. The molecule has 7 heteroatoms. The Kier molecular flexibility index (Phi) is 5.99. The van der Waals surface area contributed by atoms with E-state index in [1.54, 1.807) is 12.1 Å². The number of nitro groups is 1. The van der Waals surface area contributed by atoms with Crippen molar-refractivity contribution in [1.82, 2.24) is 0 Å². The number of ether oxygens (including phenoxy) is 1. The molecule has 0 saturated carbocycles. The third-order valence-electron chi connectivity index (χ3n) is 6.45. The fraction of sp³-hybridized carbons (Fsp3) is 0.250. The van der Waals surface area contributed by atoms with Gasteiger partial charge < -0.3 is 15.4 Å². The van der Waals surface area contributed by atoms with Crippen LogP contribution in [0.3, 0.4) is 0 Å². The largest absolute Gasteiger partial charge is 0.491 e. The van der Waals surface area contributed by atoms with Crippen molar-refractivity contribution in [2.45, 2.75) is 44.8 Å². The minimum Gasteiger partial charge on any atom is -0.491 e. The van der Waals surface area contributed by atoms with Gasteiger partial charge in [-0.25, -0.2) is 0 Å². The minimum atomic E-state index is -0.490. The molecule has 3 aromatic carbocycles. The van der Waals surface area contributed by atoms with Crippen molar-refractivity contribution in [2.75, 3.05) is 10.6 Å². The van der Waals surface area contributed by atoms with Gasteiger partial charge in [-0.05, 0) is 61.6 Å². The molecule has 0 aromatic heterocycles. The number of benzene rings is 3. The number of non-ortho nitro benzene ring substituents is 1. The molecule has 1 aliphatic carbocycles. The second-order valence-electron chi connectivity index (χ2n) is 9.26. The SMILES string of the molecule is CC(C)Oc1ccc(C2CC(=O)C3=C(C2)Nc2ccccc2NC3c2cccc([N+](=O)[O-])c2)cc1. The van der Waals surface area contributed by atoms with Crippen molar-refractivity contribution in [2.24, 2.45) is 0 Å². The van der Waals surface area contributed by atoms with Crippen molar-refractivity contribution in [3.05, 3.63) is 105 Å². The molecule has 0 spiro atoms. The van der Waals surface area contributed by atoms with Gasteiger partial charge in [-0.15, -0.1) is 0 Å². The molecule has 2 unspecified atom stereocenters. The van der Waals surface area contributed by atoms with Crippen LogP contribution < -0.4 is 15.4 Å². The molecule has 35 heavy (non-hydrogen) atoms. The molecule has 5 rings (SSSR count). The number of nitrogens with zero attached hydrogens (tertiary/aromatic N) is 1. The molecule has 178 valence electrons. The van der Waals surface area contributed by atoms with Gasteiger partial charge in [0, 0.05) is 29.8 Å². The molecule has 0 radical (unpaired) electrons. The van der Waals surface area contributed by atoms with E-state index >= 15 is 0 Å². The van der Waals surface area contributed by atoms with Crippen molar-refractivity contribution < 1.29 is 14.5 Å². The Balaban J connectivity index is 1.54. The quantitative estimate of drug-likeness (QED) is 0.333. The number of hydrogen-bond donors (Lipinski definition) is 2. The van der Waals surface area contributed by atoms with Crippen LogP contribution in [-0.2, 0) is 4.79 Å². The van der Waals surface area contributed by atoms with Gasteiger partial charge in [-0.1, -0.05) is 36.4 Å². The highest BCUT2D eigenvalue weighted by Gasteiger charge is 2.36. The van der Waals surface area contributed by atoms with E-state index in [9.17, 15) is 14.9 Å². The summed E-state index contributed by atoms with van der Waals surface area (Å²) in [6.45, 7) is 3.98. The highest BCUT2D eigenvalue weighted by atomic mass is 16.6. The lowest BCUT2D eigenvalue weighted by atomic mass is 9.78. The molecule has 2 atom stereocenters. The second kappa shape index (κ2) is 9.25. The highest BCUT2D eigenvalue weighted by molar-refractivity contribution is 6.01. The number of para-hydroxylation sites is 2. The molecule has 7 nitrogen and oxygen atoms in total. The van der Waals surface area contributed by atoms with Crippen LogP contribution in [0.2, 0.25) is 0 Å². The zero-order valence-corrected chi connectivity index (χ0v) is 19.7. The number of nitrogens with one attached hydrogen (secondary N) is 2. The Bertz CT molecular complexity index is 1310. The molecule has 1 heterocycles. The number of allylic oxidation sites excluding steroid dienone is 1. The van der Waals surface area contributed by atoms with Crippen molar-refractivity contribution in [1.29, 1.82) is 0 Å². The maximum atomic E-state index is 13.6. The van der Waals surface area contributed by atoms with E-state index < -0.39 is 11.0 Å². The smallest absolute Gasteiger partial charge is 0.269 e. The van der Waals surface area contributed by atoms with Crippen LogP contribution in [0.15, 0.2) is 84.1 Å². The van der Waals surface area contributed by atoms with Crippen LogP contribution in [0.1, 0.15) is 49.8 Å². The first-order valence-corrected chi connectivity index (χ1v) is 11.8. The van der Waals surface area contributed by atoms with Crippen molar-refractivity contribution in [3.8, 4) is 5.75 Å². The summed E-state index contributed by atoms with van der Waals surface area (Å²) < 4.78 is 5.76. The van der Waals surface area contributed by atoms with Crippen LogP contribution in [0.25, 0.3) is 0 Å². The number of Topliss-reactive ketones (excluding diaryl/α,β-unsaturated/α-hetero) is 1. The van der Waals surface area contributed by atoms with E-state index in [-0.39, 0.29) is 23.5 Å². The normalized spacial score (nSPS) is 19.2. The summed E-state index contributed by atoms with van der Waals surface area (Å²) in [4.78, 5) is 24.6. The maximum Gasteiger partial charge on any atom is 0.269 e.